The Morgan fingerprint density at radius 1 is 1.57 bits per heavy atom. The number of carbonyl (C=O) groups is 2. The molecule has 5 nitrogen and oxygen atoms in total. The molecule has 0 aromatic rings. The van der Waals surface area contributed by atoms with Crippen LogP contribution in [0, 0.1) is 0 Å². The lowest BCUT2D eigenvalue weighted by molar-refractivity contribution is -0.140. The van der Waals surface area contributed by atoms with Gasteiger partial charge in [0.05, 0.1) is 5.88 Å². The fourth-order valence-electron chi connectivity index (χ4n) is 1.18. The van der Waals surface area contributed by atoms with E-state index in [1.165, 1.54) is 16.7 Å². The Morgan fingerprint density at radius 3 is 2.71 bits per heavy atom. The highest BCUT2D eigenvalue weighted by molar-refractivity contribution is 7.99. The summed E-state index contributed by atoms with van der Waals surface area (Å²) in [6.07, 6.45) is 0. The molecule has 1 fully saturated rings. The van der Waals surface area contributed by atoms with Gasteiger partial charge in [-0.25, -0.2) is 9.59 Å². The average molecular weight is 218 g/mol. The van der Waals surface area contributed by atoms with Crippen molar-refractivity contribution < 1.29 is 14.7 Å². The largest absolute Gasteiger partial charge is 0.480 e. The third-order valence-corrected chi connectivity index (χ3v) is 2.85. The second kappa shape index (κ2) is 4.54. The molecule has 6 heteroatoms. The number of thioether (sulfide) groups is 1. The number of aliphatic carboxylic acids is 1. The van der Waals surface area contributed by atoms with Crippen molar-refractivity contribution in [3.63, 3.8) is 0 Å². The van der Waals surface area contributed by atoms with Crippen molar-refractivity contribution >= 4 is 23.8 Å². The fourth-order valence-corrected chi connectivity index (χ4v) is 2.32. The van der Waals surface area contributed by atoms with Gasteiger partial charge in [0.25, 0.3) is 0 Å². The molecule has 0 unspecified atom stereocenters. The molecule has 1 aliphatic heterocycles. The van der Waals surface area contributed by atoms with Gasteiger partial charge >= 0.3 is 12.0 Å². The van der Waals surface area contributed by atoms with Crippen LogP contribution in [0.5, 0.6) is 0 Å². The molecule has 0 saturated carbocycles. The van der Waals surface area contributed by atoms with Crippen LogP contribution in [0.2, 0.25) is 0 Å². The van der Waals surface area contributed by atoms with Crippen LogP contribution >= 0.6 is 11.8 Å². The van der Waals surface area contributed by atoms with Crippen LogP contribution in [0.25, 0.3) is 0 Å². The molecule has 0 spiro atoms. The van der Waals surface area contributed by atoms with Crippen LogP contribution in [0.15, 0.2) is 0 Å². The Labute approximate surface area is 86.8 Å². The molecule has 1 atom stereocenters. The van der Waals surface area contributed by atoms with E-state index in [4.69, 9.17) is 5.11 Å². The molecule has 1 rings (SSSR count). The topological polar surface area (TPSA) is 69.6 Å². The lowest BCUT2D eigenvalue weighted by atomic mass is 10.3. The van der Waals surface area contributed by atoms with Crippen LogP contribution < -0.4 is 5.32 Å². The van der Waals surface area contributed by atoms with Crippen LogP contribution in [-0.4, -0.2) is 45.7 Å². The summed E-state index contributed by atoms with van der Waals surface area (Å²) in [6.45, 7) is 3.69. The number of nitrogens with zero attached hydrogens (tertiary/aromatic N) is 1. The zero-order valence-corrected chi connectivity index (χ0v) is 9.00. The maximum atomic E-state index is 11.5. The van der Waals surface area contributed by atoms with Gasteiger partial charge in [0.2, 0.25) is 0 Å². The molecule has 2 N–H and O–H groups in total. The van der Waals surface area contributed by atoms with Crippen molar-refractivity contribution in [1.29, 1.82) is 0 Å². The average Bonchev–Trinajstić information content (AvgIpc) is 2.49. The van der Waals surface area contributed by atoms with Crippen molar-refractivity contribution in [2.24, 2.45) is 0 Å². The van der Waals surface area contributed by atoms with Crippen molar-refractivity contribution in [3.05, 3.63) is 0 Å². The Balaban J connectivity index is 2.58. The summed E-state index contributed by atoms with van der Waals surface area (Å²) in [7, 11) is 0. The number of urea groups is 1. The molecule has 1 saturated heterocycles. The summed E-state index contributed by atoms with van der Waals surface area (Å²) in [5.74, 6) is -0.00925. The second-order valence-corrected chi connectivity index (χ2v) is 4.43. The van der Waals surface area contributed by atoms with Crippen molar-refractivity contribution in [3.8, 4) is 0 Å². The van der Waals surface area contributed by atoms with Gasteiger partial charge in [-0.05, 0) is 13.8 Å². The lowest BCUT2D eigenvalue weighted by Gasteiger charge is -2.22. The normalized spacial score (nSPS) is 21.4. The molecule has 1 aliphatic rings. The van der Waals surface area contributed by atoms with E-state index in [2.05, 4.69) is 5.32 Å². The number of carbonyl (C=O) groups excluding carboxylic acids is 1. The van der Waals surface area contributed by atoms with E-state index in [1.807, 2.05) is 13.8 Å². The van der Waals surface area contributed by atoms with Crippen molar-refractivity contribution in [1.82, 2.24) is 10.2 Å². The summed E-state index contributed by atoms with van der Waals surface area (Å²) in [5, 5.41) is 11.5. The number of amides is 2. The number of hydrogen-bond donors (Lipinski definition) is 2. The number of rotatable bonds is 2. The molecule has 0 aromatic carbocycles. The maximum absolute atomic E-state index is 11.5. The summed E-state index contributed by atoms with van der Waals surface area (Å²) >= 11 is 1.46. The first-order chi connectivity index (χ1) is 6.52. The highest BCUT2D eigenvalue weighted by Gasteiger charge is 2.34. The monoisotopic (exact) mass is 218 g/mol. The zero-order valence-electron chi connectivity index (χ0n) is 8.19. The molecule has 0 aliphatic carbocycles. The molecule has 80 valence electrons. The first-order valence-electron chi connectivity index (χ1n) is 4.40. The lowest BCUT2D eigenvalue weighted by Crippen LogP contribution is -2.48. The minimum Gasteiger partial charge on any atom is -0.480 e. The van der Waals surface area contributed by atoms with Crippen LogP contribution in [0.1, 0.15) is 13.8 Å². The van der Waals surface area contributed by atoms with E-state index in [0.29, 0.717) is 11.6 Å². The van der Waals surface area contributed by atoms with E-state index >= 15 is 0 Å². The Kier molecular flexibility index (Phi) is 3.62. The molecule has 2 amide bonds. The Morgan fingerprint density at radius 2 is 2.21 bits per heavy atom. The molecule has 14 heavy (non-hydrogen) atoms. The molecule has 0 bridgehead atoms. The van der Waals surface area contributed by atoms with Crippen LogP contribution in [0.4, 0.5) is 4.79 Å². The van der Waals surface area contributed by atoms with E-state index in [-0.39, 0.29) is 12.1 Å². The van der Waals surface area contributed by atoms with Crippen LogP contribution in [0.3, 0.4) is 0 Å². The number of carboxylic acids is 1. The molecular weight excluding hydrogens is 204 g/mol. The van der Waals surface area contributed by atoms with E-state index in [1.54, 1.807) is 0 Å². The minimum atomic E-state index is -0.936. The predicted octanol–water partition coefficient (Wildman–Crippen LogP) is 0.564. The van der Waals surface area contributed by atoms with Gasteiger partial charge in [-0.1, -0.05) is 0 Å². The summed E-state index contributed by atoms with van der Waals surface area (Å²) in [4.78, 5) is 23.6. The summed E-state index contributed by atoms with van der Waals surface area (Å²) in [5.41, 5.74) is 0. The Bertz CT molecular complexity index is 245. The maximum Gasteiger partial charge on any atom is 0.327 e. The van der Waals surface area contributed by atoms with Gasteiger partial charge in [0.1, 0.15) is 6.04 Å². The molecule has 0 radical (unpaired) electrons. The van der Waals surface area contributed by atoms with Gasteiger partial charge in [0, 0.05) is 11.8 Å². The first-order valence-corrected chi connectivity index (χ1v) is 5.55. The second-order valence-electron chi connectivity index (χ2n) is 3.43. The summed E-state index contributed by atoms with van der Waals surface area (Å²) in [6, 6.07) is -0.946. The highest BCUT2D eigenvalue weighted by atomic mass is 32.2. The fraction of sp³-hybridized carbons (Fsp3) is 0.750. The van der Waals surface area contributed by atoms with Crippen molar-refractivity contribution in [2.75, 3.05) is 11.6 Å². The zero-order chi connectivity index (χ0) is 10.7. The van der Waals surface area contributed by atoms with Gasteiger partial charge in [0.15, 0.2) is 0 Å². The van der Waals surface area contributed by atoms with Crippen LogP contribution in [-0.2, 0) is 4.79 Å². The molecule has 1 heterocycles. The third-order valence-electron chi connectivity index (χ3n) is 1.84. The molecular formula is C8H14N2O3S. The minimum absolute atomic E-state index is 0.0301. The SMILES string of the molecule is CC(C)NC(=O)N1CSC[C@H]1C(=O)O. The van der Waals surface area contributed by atoms with Gasteiger partial charge in [-0.15, -0.1) is 11.8 Å². The summed E-state index contributed by atoms with van der Waals surface area (Å²) < 4.78 is 0. The predicted molar refractivity (Wildman–Crippen MR) is 54.3 cm³/mol. The number of nitrogens with one attached hydrogen (secondary N) is 1. The van der Waals surface area contributed by atoms with E-state index in [0.717, 1.165) is 0 Å². The van der Waals surface area contributed by atoms with Gasteiger partial charge in [-0.3, -0.25) is 0 Å². The van der Waals surface area contributed by atoms with Gasteiger partial charge in [-0.2, -0.15) is 0 Å². The highest BCUT2D eigenvalue weighted by Crippen LogP contribution is 2.20. The van der Waals surface area contributed by atoms with E-state index < -0.39 is 12.0 Å². The standard InChI is InChI=1S/C8H14N2O3S/c1-5(2)9-8(13)10-4-14-3-6(10)7(11)12/h5-6H,3-4H2,1-2H3,(H,9,13)(H,11,12)/t6-/m0/s1. The Hall–Kier alpha value is -0.910. The van der Waals surface area contributed by atoms with Crippen molar-refractivity contribution in [2.45, 2.75) is 25.9 Å². The quantitative estimate of drug-likeness (QED) is 0.710. The smallest absolute Gasteiger partial charge is 0.327 e. The number of hydrogen-bond acceptors (Lipinski definition) is 3. The first kappa shape index (κ1) is 11.2. The molecule has 0 aromatic heterocycles. The van der Waals surface area contributed by atoms with Gasteiger partial charge < -0.3 is 15.3 Å². The number of carboxylic acid groups (broad SMARTS) is 1. The van der Waals surface area contributed by atoms with E-state index in [9.17, 15) is 9.59 Å². The third kappa shape index (κ3) is 2.54.